The molecule has 2 amide bonds. The van der Waals surface area contributed by atoms with Crippen molar-refractivity contribution >= 4 is 34.9 Å². The van der Waals surface area contributed by atoms with E-state index in [9.17, 15) is 9.59 Å². The van der Waals surface area contributed by atoms with E-state index in [1.54, 1.807) is 47.0 Å². The predicted molar refractivity (Wildman–Crippen MR) is 96.3 cm³/mol. The largest absolute Gasteiger partial charge is 0.312 e. The van der Waals surface area contributed by atoms with Crippen LogP contribution < -0.4 is 10.9 Å². The lowest BCUT2D eigenvalue weighted by Gasteiger charge is -2.07. The van der Waals surface area contributed by atoms with E-state index >= 15 is 0 Å². The number of carbonyl (C=O) groups excluding carboxylic acids is 2. The van der Waals surface area contributed by atoms with Crippen molar-refractivity contribution in [3.8, 4) is 0 Å². The second-order valence-corrected chi connectivity index (χ2v) is 6.85. The number of thioether (sulfide) groups is 1. The minimum absolute atomic E-state index is 0.341. The van der Waals surface area contributed by atoms with Crippen molar-refractivity contribution in [3.05, 3.63) is 64.1 Å². The molecule has 2 heterocycles. The van der Waals surface area contributed by atoms with Gasteiger partial charge in [-0.15, -0.1) is 10.2 Å². The van der Waals surface area contributed by atoms with E-state index in [1.165, 1.54) is 11.3 Å². The third kappa shape index (κ3) is 4.46. The fourth-order valence-corrected chi connectivity index (χ4v) is 3.43. The van der Waals surface area contributed by atoms with Gasteiger partial charge in [0.25, 0.3) is 11.8 Å². The summed E-state index contributed by atoms with van der Waals surface area (Å²) in [5.74, 6) is 0.0194. The maximum absolute atomic E-state index is 12.1. The number of aromatic nitrogens is 3. The Kier molecular flexibility index (Phi) is 5.46. The van der Waals surface area contributed by atoms with Crippen LogP contribution in [0.4, 0.5) is 0 Å². The molecule has 0 spiro atoms. The summed E-state index contributed by atoms with van der Waals surface area (Å²) in [4.78, 5) is 23.9. The summed E-state index contributed by atoms with van der Waals surface area (Å²) in [6.45, 7) is 0. The van der Waals surface area contributed by atoms with Crippen LogP contribution in [0.25, 0.3) is 0 Å². The molecule has 0 bridgehead atoms. The number of aryl methyl sites for hydroxylation is 1. The fraction of sp³-hybridized carbons (Fsp3) is 0.125. The SMILES string of the molecule is Cn1cnnc1SCc1ccc(C(=O)NNC(=O)c2ccsc2)cc1. The molecule has 1 aromatic carbocycles. The number of carbonyl (C=O) groups is 2. The minimum Gasteiger partial charge on any atom is -0.312 e. The van der Waals surface area contributed by atoms with Gasteiger partial charge in [-0.05, 0) is 29.1 Å². The Morgan fingerprint density at radius 1 is 1.12 bits per heavy atom. The monoisotopic (exact) mass is 373 g/mol. The van der Waals surface area contributed by atoms with Crippen LogP contribution in [-0.4, -0.2) is 26.6 Å². The number of nitrogens with zero attached hydrogens (tertiary/aromatic N) is 3. The van der Waals surface area contributed by atoms with Gasteiger partial charge in [0.1, 0.15) is 6.33 Å². The average molecular weight is 373 g/mol. The smallest absolute Gasteiger partial charge is 0.270 e. The third-order valence-corrected chi connectivity index (χ3v) is 5.12. The molecular formula is C16H15N5O2S2. The Morgan fingerprint density at radius 3 is 2.44 bits per heavy atom. The van der Waals surface area contributed by atoms with Gasteiger partial charge in [-0.25, -0.2) is 0 Å². The summed E-state index contributed by atoms with van der Waals surface area (Å²) in [5.41, 5.74) is 6.85. The van der Waals surface area contributed by atoms with Crippen molar-refractivity contribution in [2.24, 2.45) is 7.05 Å². The molecule has 7 nitrogen and oxygen atoms in total. The number of hydrazine groups is 1. The average Bonchev–Trinajstić information content (AvgIpc) is 3.30. The molecule has 0 radical (unpaired) electrons. The third-order valence-electron chi connectivity index (χ3n) is 3.33. The van der Waals surface area contributed by atoms with Gasteiger partial charge in [0, 0.05) is 23.7 Å². The lowest BCUT2D eigenvalue weighted by molar-refractivity contribution is 0.0847. The van der Waals surface area contributed by atoms with Gasteiger partial charge in [0.2, 0.25) is 0 Å². The fourth-order valence-electron chi connectivity index (χ4n) is 1.96. The van der Waals surface area contributed by atoms with Gasteiger partial charge in [-0.3, -0.25) is 20.4 Å². The van der Waals surface area contributed by atoms with Gasteiger partial charge < -0.3 is 4.57 Å². The van der Waals surface area contributed by atoms with E-state index in [2.05, 4.69) is 21.0 Å². The Labute approximate surface area is 152 Å². The summed E-state index contributed by atoms with van der Waals surface area (Å²) >= 11 is 2.99. The zero-order valence-corrected chi connectivity index (χ0v) is 14.9. The molecule has 0 unspecified atom stereocenters. The first-order valence-corrected chi connectivity index (χ1v) is 9.25. The second kappa shape index (κ2) is 7.95. The van der Waals surface area contributed by atoms with Gasteiger partial charge in [-0.1, -0.05) is 23.9 Å². The molecule has 9 heteroatoms. The van der Waals surface area contributed by atoms with Gasteiger partial charge in [0.15, 0.2) is 5.16 Å². The zero-order chi connectivity index (χ0) is 17.6. The lowest BCUT2D eigenvalue weighted by Crippen LogP contribution is -2.41. The summed E-state index contributed by atoms with van der Waals surface area (Å²) < 4.78 is 1.85. The summed E-state index contributed by atoms with van der Waals surface area (Å²) in [6, 6.07) is 8.88. The summed E-state index contributed by atoms with van der Waals surface area (Å²) in [6.07, 6.45) is 1.65. The Morgan fingerprint density at radius 2 is 1.84 bits per heavy atom. The van der Waals surface area contributed by atoms with E-state index in [1.807, 2.05) is 23.7 Å². The van der Waals surface area contributed by atoms with Crippen LogP contribution in [0, 0.1) is 0 Å². The molecule has 0 saturated heterocycles. The van der Waals surface area contributed by atoms with Crippen molar-refractivity contribution in [2.45, 2.75) is 10.9 Å². The van der Waals surface area contributed by atoms with Crippen LogP contribution >= 0.6 is 23.1 Å². The van der Waals surface area contributed by atoms with Crippen LogP contribution in [-0.2, 0) is 12.8 Å². The molecular weight excluding hydrogens is 358 g/mol. The topological polar surface area (TPSA) is 88.9 Å². The first-order chi connectivity index (χ1) is 12.1. The van der Waals surface area contributed by atoms with Crippen LogP contribution in [0.2, 0.25) is 0 Å². The number of hydrogen-bond donors (Lipinski definition) is 2. The molecule has 2 aromatic heterocycles. The highest BCUT2D eigenvalue weighted by Gasteiger charge is 2.09. The molecule has 2 N–H and O–H groups in total. The van der Waals surface area contributed by atoms with Crippen LogP contribution in [0.1, 0.15) is 26.3 Å². The molecule has 0 saturated carbocycles. The Balaban J connectivity index is 1.52. The number of thiophene rings is 1. The molecule has 25 heavy (non-hydrogen) atoms. The maximum atomic E-state index is 12.1. The maximum Gasteiger partial charge on any atom is 0.270 e. The van der Waals surface area contributed by atoms with Crippen LogP contribution in [0.15, 0.2) is 52.6 Å². The summed E-state index contributed by atoms with van der Waals surface area (Å²) in [5, 5.41) is 12.2. The Bertz CT molecular complexity index is 859. The highest BCUT2D eigenvalue weighted by atomic mass is 32.2. The van der Waals surface area contributed by atoms with Crippen LogP contribution in [0.5, 0.6) is 0 Å². The molecule has 0 aliphatic heterocycles. The predicted octanol–water partition coefficient (Wildman–Crippen LogP) is 2.24. The number of benzene rings is 1. The highest BCUT2D eigenvalue weighted by molar-refractivity contribution is 7.98. The molecule has 0 aliphatic rings. The van der Waals surface area contributed by atoms with Crippen molar-refractivity contribution in [3.63, 3.8) is 0 Å². The van der Waals surface area contributed by atoms with E-state index in [0.29, 0.717) is 11.1 Å². The number of nitrogens with one attached hydrogen (secondary N) is 2. The number of amides is 2. The van der Waals surface area contributed by atoms with Crippen molar-refractivity contribution < 1.29 is 9.59 Å². The highest BCUT2D eigenvalue weighted by Crippen LogP contribution is 2.20. The van der Waals surface area contributed by atoms with E-state index in [4.69, 9.17) is 0 Å². The normalized spacial score (nSPS) is 10.4. The number of rotatable bonds is 5. The van der Waals surface area contributed by atoms with Gasteiger partial charge in [0.05, 0.1) is 5.56 Å². The van der Waals surface area contributed by atoms with Gasteiger partial charge in [-0.2, -0.15) is 11.3 Å². The molecule has 0 atom stereocenters. The zero-order valence-electron chi connectivity index (χ0n) is 13.3. The minimum atomic E-state index is -0.365. The standard InChI is InChI=1S/C16H15N5O2S2/c1-21-10-17-20-16(21)25-8-11-2-4-12(5-3-11)14(22)18-19-15(23)13-6-7-24-9-13/h2-7,9-10H,8H2,1H3,(H,18,22)(H,19,23). The van der Waals surface area contributed by atoms with Crippen LogP contribution in [0.3, 0.4) is 0 Å². The summed E-state index contributed by atoms with van der Waals surface area (Å²) in [7, 11) is 1.89. The molecule has 0 fully saturated rings. The Hall–Kier alpha value is -2.65. The number of hydrogen-bond acceptors (Lipinski definition) is 6. The molecule has 128 valence electrons. The second-order valence-electron chi connectivity index (χ2n) is 5.13. The first kappa shape index (κ1) is 17.2. The van der Waals surface area contributed by atoms with Crippen molar-refractivity contribution in [1.82, 2.24) is 25.6 Å². The van der Waals surface area contributed by atoms with E-state index < -0.39 is 0 Å². The van der Waals surface area contributed by atoms with E-state index in [-0.39, 0.29) is 11.8 Å². The lowest BCUT2D eigenvalue weighted by atomic mass is 10.1. The quantitative estimate of drug-likeness (QED) is 0.529. The molecule has 3 aromatic rings. The van der Waals surface area contributed by atoms with Crippen molar-refractivity contribution in [2.75, 3.05) is 0 Å². The first-order valence-electron chi connectivity index (χ1n) is 7.32. The van der Waals surface area contributed by atoms with Gasteiger partial charge >= 0.3 is 0 Å². The van der Waals surface area contributed by atoms with Crippen molar-refractivity contribution in [1.29, 1.82) is 0 Å². The molecule has 0 aliphatic carbocycles. The molecule has 3 rings (SSSR count). The van der Waals surface area contributed by atoms with E-state index in [0.717, 1.165) is 16.5 Å².